The number of nitrogens with zero attached hydrogens (tertiary/aromatic N) is 2. The summed E-state index contributed by atoms with van der Waals surface area (Å²) in [5.41, 5.74) is 1.86. The summed E-state index contributed by atoms with van der Waals surface area (Å²) < 4.78 is 13.1. The van der Waals surface area contributed by atoms with E-state index < -0.39 is 0 Å². The smallest absolute Gasteiger partial charge is 0.318 e. The maximum Gasteiger partial charge on any atom is 0.318 e. The van der Waals surface area contributed by atoms with Gasteiger partial charge in [-0.1, -0.05) is 12.1 Å². The summed E-state index contributed by atoms with van der Waals surface area (Å²) in [5, 5.41) is 2.87. The third kappa shape index (κ3) is 3.24. The number of likely N-dealkylation sites (tertiary alicyclic amines) is 1. The van der Waals surface area contributed by atoms with E-state index in [0.29, 0.717) is 6.54 Å². The first kappa shape index (κ1) is 14.5. The molecule has 1 aromatic carbocycles. The summed E-state index contributed by atoms with van der Waals surface area (Å²) in [6, 6.07) is 10.2. The number of benzene rings is 1. The van der Waals surface area contributed by atoms with Gasteiger partial charge in [-0.3, -0.25) is 4.98 Å². The van der Waals surface area contributed by atoms with Crippen LogP contribution in [-0.2, 0) is 6.54 Å². The molecule has 0 saturated carbocycles. The molecular formula is C17H18FN3O. The van der Waals surface area contributed by atoms with Gasteiger partial charge in [0.2, 0.25) is 0 Å². The lowest BCUT2D eigenvalue weighted by atomic mass is 10.1. The lowest BCUT2D eigenvalue weighted by Crippen LogP contribution is -2.39. The number of nitrogens with one attached hydrogen (secondary N) is 1. The van der Waals surface area contributed by atoms with Crippen LogP contribution in [0.3, 0.4) is 0 Å². The Kier molecular flexibility index (Phi) is 4.32. The third-order valence-electron chi connectivity index (χ3n) is 3.94. The van der Waals surface area contributed by atoms with Crippen LogP contribution in [0.25, 0.3) is 0 Å². The van der Waals surface area contributed by atoms with Crippen molar-refractivity contribution in [2.24, 2.45) is 0 Å². The van der Waals surface area contributed by atoms with Crippen LogP contribution in [-0.4, -0.2) is 22.5 Å². The monoisotopic (exact) mass is 299 g/mol. The molecule has 1 fully saturated rings. The molecule has 114 valence electrons. The van der Waals surface area contributed by atoms with Crippen LogP contribution in [0.5, 0.6) is 0 Å². The lowest BCUT2D eigenvalue weighted by Gasteiger charge is -2.25. The van der Waals surface area contributed by atoms with Crippen LogP contribution in [0.2, 0.25) is 0 Å². The zero-order valence-electron chi connectivity index (χ0n) is 12.2. The molecule has 1 aromatic heterocycles. The van der Waals surface area contributed by atoms with Crippen molar-refractivity contribution in [3.05, 3.63) is 65.7 Å². The Labute approximate surface area is 129 Å². The molecule has 0 radical (unpaired) electrons. The molecule has 1 atom stereocenters. The van der Waals surface area contributed by atoms with Gasteiger partial charge in [0, 0.05) is 25.5 Å². The average molecular weight is 299 g/mol. The zero-order valence-corrected chi connectivity index (χ0v) is 12.2. The Morgan fingerprint density at radius 3 is 2.91 bits per heavy atom. The van der Waals surface area contributed by atoms with Gasteiger partial charge in [0.05, 0.1) is 6.04 Å². The zero-order chi connectivity index (χ0) is 15.4. The topological polar surface area (TPSA) is 45.2 Å². The minimum absolute atomic E-state index is 0.0931. The molecule has 0 bridgehead atoms. The highest BCUT2D eigenvalue weighted by molar-refractivity contribution is 5.75. The Morgan fingerprint density at radius 1 is 1.32 bits per heavy atom. The molecule has 4 nitrogen and oxygen atoms in total. The van der Waals surface area contributed by atoms with Crippen molar-refractivity contribution in [1.29, 1.82) is 0 Å². The lowest BCUT2D eigenvalue weighted by molar-refractivity contribution is 0.192. The highest BCUT2D eigenvalue weighted by atomic mass is 19.1. The number of carbonyl (C=O) groups excluding carboxylic acids is 1. The number of pyridine rings is 1. The fraction of sp³-hybridized carbons (Fsp3) is 0.294. The summed E-state index contributed by atoms with van der Waals surface area (Å²) in [7, 11) is 0. The van der Waals surface area contributed by atoms with Crippen molar-refractivity contribution in [1.82, 2.24) is 15.2 Å². The highest BCUT2D eigenvalue weighted by Gasteiger charge is 2.29. The van der Waals surface area contributed by atoms with Gasteiger partial charge in [0.15, 0.2) is 0 Å². The van der Waals surface area contributed by atoms with Crippen LogP contribution in [0, 0.1) is 5.82 Å². The number of hydrogen-bond donors (Lipinski definition) is 1. The minimum atomic E-state index is -0.289. The summed E-state index contributed by atoms with van der Waals surface area (Å²) in [4.78, 5) is 18.3. The van der Waals surface area contributed by atoms with Crippen molar-refractivity contribution in [3.63, 3.8) is 0 Å². The Balaban J connectivity index is 1.64. The van der Waals surface area contributed by atoms with Crippen molar-refractivity contribution in [2.75, 3.05) is 6.54 Å². The second kappa shape index (κ2) is 6.56. The van der Waals surface area contributed by atoms with E-state index in [9.17, 15) is 9.18 Å². The number of rotatable bonds is 3. The molecule has 2 amide bonds. The van der Waals surface area contributed by atoms with E-state index in [1.807, 2.05) is 17.0 Å². The molecule has 0 aliphatic carbocycles. The van der Waals surface area contributed by atoms with Gasteiger partial charge in [-0.15, -0.1) is 0 Å². The standard InChI is InChI=1S/C17H18FN3O/c18-15-4-1-3-13(11-15)12-20-17(22)21-10-2-5-16(21)14-6-8-19-9-7-14/h1,3-4,6-9,11,16H,2,5,10,12H2,(H,20,22). The summed E-state index contributed by atoms with van der Waals surface area (Å²) in [6.07, 6.45) is 5.44. The van der Waals surface area contributed by atoms with E-state index in [0.717, 1.165) is 30.5 Å². The van der Waals surface area contributed by atoms with Gasteiger partial charge in [-0.05, 0) is 48.2 Å². The number of amides is 2. The Hall–Kier alpha value is -2.43. The molecular weight excluding hydrogens is 281 g/mol. The van der Waals surface area contributed by atoms with E-state index in [4.69, 9.17) is 0 Å². The summed E-state index contributed by atoms with van der Waals surface area (Å²) >= 11 is 0. The molecule has 5 heteroatoms. The first-order chi connectivity index (χ1) is 10.7. The number of halogens is 1. The molecule has 1 unspecified atom stereocenters. The summed E-state index contributed by atoms with van der Waals surface area (Å²) in [5.74, 6) is -0.289. The third-order valence-corrected chi connectivity index (χ3v) is 3.94. The van der Waals surface area contributed by atoms with Crippen LogP contribution in [0.4, 0.5) is 9.18 Å². The second-order valence-corrected chi connectivity index (χ2v) is 5.42. The van der Waals surface area contributed by atoms with Crippen molar-refractivity contribution in [3.8, 4) is 0 Å². The van der Waals surface area contributed by atoms with Crippen molar-refractivity contribution in [2.45, 2.75) is 25.4 Å². The van der Waals surface area contributed by atoms with E-state index >= 15 is 0 Å². The number of urea groups is 1. The molecule has 1 N–H and O–H groups in total. The van der Waals surface area contributed by atoms with Crippen molar-refractivity contribution < 1.29 is 9.18 Å². The molecule has 1 aliphatic rings. The van der Waals surface area contributed by atoms with Gasteiger partial charge >= 0.3 is 6.03 Å². The van der Waals surface area contributed by atoms with Crippen LogP contribution in [0.1, 0.15) is 30.0 Å². The molecule has 22 heavy (non-hydrogen) atoms. The molecule has 1 aliphatic heterocycles. The molecule has 2 aromatic rings. The number of hydrogen-bond acceptors (Lipinski definition) is 2. The maximum absolute atomic E-state index is 13.1. The van der Waals surface area contributed by atoms with Crippen LogP contribution in [0.15, 0.2) is 48.8 Å². The predicted molar refractivity (Wildman–Crippen MR) is 81.6 cm³/mol. The van der Waals surface area contributed by atoms with Gasteiger partial charge < -0.3 is 10.2 Å². The molecule has 1 saturated heterocycles. The Bertz CT molecular complexity index is 647. The van der Waals surface area contributed by atoms with Gasteiger partial charge in [-0.2, -0.15) is 0 Å². The van der Waals surface area contributed by atoms with Gasteiger partial charge in [0.1, 0.15) is 5.82 Å². The van der Waals surface area contributed by atoms with Gasteiger partial charge in [0.25, 0.3) is 0 Å². The molecule has 2 heterocycles. The predicted octanol–water partition coefficient (Wildman–Crippen LogP) is 3.27. The largest absolute Gasteiger partial charge is 0.334 e. The molecule has 0 spiro atoms. The van der Waals surface area contributed by atoms with Crippen molar-refractivity contribution >= 4 is 6.03 Å². The fourth-order valence-electron chi connectivity index (χ4n) is 2.87. The highest BCUT2D eigenvalue weighted by Crippen LogP contribution is 2.31. The molecule has 3 rings (SSSR count). The number of carbonyl (C=O) groups is 1. The fourth-order valence-corrected chi connectivity index (χ4v) is 2.87. The first-order valence-corrected chi connectivity index (χ1v) is 7.43. The van der Waals surface area contributed by atoms with Crippen LogP contribution < -0.4 is 5.32 Å². The first-order valence-electron chi connectivity index (χ1n) is 7.43. The van der Waals surface area contributed by atoms with E-state index in [-0.39, 0.29) is 17.9 Å². The Morgan fingerprint density at radius 2 is 2.14 bits per heavy atom. The van der Waals surface area contributed by atoms with E-state index in [1.54, 1.807) is 24.5 Å². The summed E-state index contributed by atoms with van der Waals surface area (Å²) in [6.45, 7) is 1.07. The second-order valence-electron chi connectivity index (χ2n) is 5.42. The minimum Gasteiger partial charge on any atom is -0.334 e. The number of aromatic nitrogens is 1. The normalized spacial score (nSPS) is 17.5. The SMILES string of the molecule is O=C(NCc1cccc(F)c1)N1CCCC1c1ccncc1. The van der Waals surface area contributed by atoms with E-state index in [2.05, 4.69) is 10.3 Å². The average Bonchev–Trinajstić information content (AvgIpc) is 3.03. The maximum atomic E-state index is 13.1. The van der Waals surface area contributed by atoms with E-state index in [1.165, 1.54) is 12.1 Å². The quantitative estimate of drug-likeness (QED) is 0.945. The van der Waals surface area contributed by atoms with Gasteiger partial charge in [-0.25, -0.2) is 9.18 Å². The van der Waals surface area contributed by atoms with Crippen LogP contribution >= 0.6 is 0 Å².